The first-order chi connectivity index (χ1) is 17.5. The zero-order valence-electron chi connectivity index (χ0n) is 20.2. The maximum atomic E-state index is 15.7. The number of likely N-dealkylation sites (tertiary alicyclic amines) is 1. The van der Waals surface area contributed by atoms with Crippen LogP contribution in [0.3, 0.4) is 0 Å². The Labute approximate surface area is 224 Å². The SMILES string of the molecule is COc1ccc2ncc(Cl)c(C(F)CCC3(C(=O)NO)CCN(CCCSc4ccsc4)CC3)c2c1. The number of thioether (sulfide) groups is 1. The number of carbonyl (C=O) groups excluding carboxylic acids is 1. The Bertz CT molecular complexity index is 1160. The van der Waals surface area contributed by atoms with Gasteiger partial charge in [-0.1, -0.05) is 11.6 Å². The standard InChI is InChI=1S/C26H31ClFN3O3S2/c1-34-18-3-4-23-20(15-18)24(21(27)16-29-23)22(28)5-7-26(25(32)30-33)8-11-31(12-9-26)10-2-13-36-19-6-14-35-17-19/h3-4,6,14-17,22,33H,2,5,7-13H2,1H3,(H,30,32). The van der Waals surface area contributed by atoms with Crippen molar-refractivity contribution in [3.05, 3.63) is 51.8 Å². The summed E-state index contributed by atoms with van der Waals surface area (Å²) < 4.78 is 21.0. The summed E-state index contributed by atoms with van der Waals surface area (Å²) in [5, 5.41) is 14.5. The monoisotopic (exact) mass is 551 g/mol. The third-order valence-corrected chi connectivity index (χ3v) is 9.25. The predicted molar refractivity (Wildman–Crippen MR) is 144 cm³/mol. The van der Waals surface area contributed by atoms with Crippen molar-refractivity contribution in [2.75, 3.05) is 32.5 Å². The molecule has 1 atom stereocenters. The van der Waals surface area contributed by atoms with E-state index in [-0.39, 0.29) is 11.4 Å². The number of methoxy groups -OCH3 is 1. The number of nitrogens with zero attached hydrogens (tertiary/aromatic N) is 2. The molecule has 3 heterocycles. The molecule has 10 heteroatoms. The second-order valence-corrected chi connectivity index (χ2v) is 11.5. The van der Waals surface area contributed by atoms with Gasteiger partial charge >= 0.3 is 0 Å². The number of benzene rings is 1. The van der Waals surface area contributed by atoms with E-state index < -0.39 is 17.5 Å². The zero-order chi connectivity index (χ0) is 25.5. The van der Waals surface area contributed by atoms with E-state index in [4.69, 9.17) is 16.3 Å². The van der Waals surface area contributed by atoms with Crippen molar-refractivity contribution in [3.8, 4) is 5.75 Å². The minimum atomic E-state index is -1.38. The molecule has 2 N–H and O–H groups in total. The summed E-state index contributed by atoms with van der Waals surface area (Å²) in [4.78, 5) is 20.7. The maximum Gasteiger partial charge on any atom is 0.249 e. The first-order valence-corrected chi connectivity index (χ1v) is 14.3. The largest absolute Gasteiger partial charge is 0.497 e. The first-order valence-electron chi connectivity index (χ1n) is 12.0. The van der Waals surface area contributed by atoms with Crippen molar-refractivity contribution in [1.82, 2.24) is 15.4 Å². The van der Waals surface area contributed by atoms with Crippen LogP contribution in [-0.2, 0) is 4.79 Å². The maximum absolute atomic E-state index is 15.7. The van der Waals surface area contributed by atoms with Crippen LogP contribution in [0.1, 0.15) is 43.8 Å². The molecule has 6 nitrogen and oxygen atoms in total. The molecule has 1 aliphatic rings. The van der Waals surface area contributed by atoms with E-state index in [1.54, 1.807) is 36.6 Å². The minimum absolute atomic E-state index is 0.112. The van der Waals surface area contributed by atoms with E-state index in [9.17, 15) is 10.0 Å². The lowest BCUT2D eigenvalue weighted by Crippen LogP contribution is -2.48. The molecule has 0 bridgehead atoms. The highest BCUT2D eigenvalue weighted by Crippen LogP contribution is 2.42. The normalized spacial score (nSPS) is 16.7. The number of fused-ring (bicyclic) bond motifs is 1. The molecule has 1 saturated heterocycles. The number of hydrogen-bond acceptors (Lipinski definition) is 7. The lowest BCUT2D eigenvalue weighted by atomic mass is 9.73. The van der Waals surface area contributed by atoms with Crippen LogP contribution in [0.15, 0.2) is 46.1 Å². The van der Waals surface area contributed by atoms with Crippen molar-refractivity contribution < 1.29 is 19.1 Å². The molecule has 36 heavy (non-hydrogen) atoms. The zero-order valence-corrected chi connectivity index (χ0v) is 22.6. The van der Waals surface area contributed by atoms with E-state index in [1.165, 1.54) is 11.1 Å². The molecule has 0 spiro atoms. The van der Waals surface area contributed by atoms with Gasteiger partial charge in [0, 0.05) is 27.4 Å². The molecule has 194 valence electrons. The van der Waals surface area contributed by atoms with Gasteiger partial charge in [0.1, 0.15) is 11.9 Å². The second kappa shape index (κ2) is 12.6. The highest BCUT2D eigenvalue weighted by atomic mass is 35.5. The molecule has 1 aromatic carbocycles. The number of hydroxylamine groups is 1. The fourth-order valence-corrected chi connectivity index (χ4v) is 6.87. The topological polar surface area (TPSA) is 74.7 Å². The van der Waals surface area contributed by atoms with Gasteiger partial charge in [0.25, 0.3) is 0 Å². The average Bonchev–Trinajstić information content (AvgIpc) is 3.43. The summed E-state index contributed by atoms with van der Waals surface area (Å²) in [5.41, 5.74) is 2.02. The van der Waals surface area contributed by atoms with Gasteiger partial charge in [-0.2, -0.15) is 11.3 Å². The second-order valence-electron chi connectivity index (χ2n) is 9.13. The fraction of sp³-hybridized carbons (Fsp3) is 0.462. The van der Waals surface area contributed by atoms with Crippen LogP contribution in [0, 0.1) is 5.41 Å². The van der Waals surface area contributed by atoms with Crippen molar-refractivity contribution >= 4 is 51.5 Å². The summed E-state index contributed by atoms with van der Waals surface area (Å²) in [5.74, 6) is 1.21. The van der Waals surface area contributed by atoms with E-state index in [2.05, 4.69) is 26.7 Å². The molecule has 4 rings (SSSR count). The number of aromatic nitrogens is 1. The van der Waals surface area contributed by atoms with Gasteiger partial charge < -0.3 is 9.64 Å². The third kappa shape index (κ3) is 6.31. The number of thiophene rings is 1. The van der Waals surface area contributed by atoms with Crippen LogP contribution in [0.25, 0.3) is 10.9 Å². The molecule has 2 aromatic heterocycles. The van der Waals surface area contributed by atoms with E-state index in [1.807, 2.05) is 17.2 Å². The van der Waals surface area contributed by atoms with Crippen LogP contribution in [0.2, 0.25) is 5.02 Å². The Balaban J connectivity index is 1.38. The Morgan fingerprint density at radius 2 is 2.19 bits per heavy atom. The third-order valence-electron chi connectivity index (χ3n) is 7.04. The van der Waals surface area contributed by atoms with E-state index in [0.29, 0.717) is 41.5 Å². The van der Waals surface area contributed by atoms with Gasteiger partial charge in [0.15, 0.2) is 0 Å². The van der Waals surface area contributed by atoms with Crippen molar-refractivity contribution in [3.63, 3.8) is 0 Å². The number of ether oxygens (including phenoxy) is 1. The van der Waals surface area contributed by atoms with Crippen LogP contribution in [0.4, 0.5) is 4.39 Å². The lowest BCUT2D eigenvalue weighted by Gasteiger charge is -2.40. The van der Waals surface area contributed by atoms with Gasteiger partial charge in [-0.05, 0) is 87.1 Å². The van der Waals surface area contributed by atoms with Gasteiger partial charge in [0.05, 0.1) is 23.1 Å². The van der Waals surface area contributed by atoms with Crippen molar-refractivity contribution in [2.45, 2.75) is 43.2 Å². The molecular formula is C26H31ClFN3O3S2. The number of carbonyl (C=O) groups is 1. The summed E-state index contributed by atoms with van der Waals surface area (Å²) in [6.45, 7) is 2.44. The number of halogens is 2. The number of amides is 1. The molecule has 1 fully saturated rings. The molecule has 1 unspecified atom stereocenters. The highest BCUT2D eigenvalue weighted by molar-refractivity contribution is 7.99. The summed E-state index contributed by atoms with van der Waals surface area (Å²) in [6.07, 6.45) is 2.70. The van der Waals surface area contributed by atoms with Gasteiger partial charge in [0.2, 0.25) is 5.91 Å². The highest BCUT2D eigenvalue weighted by Gasteiger charge is 2.41. The number of alkyl halides is 1. The predicted octanol–water partition coefficient (Wildman–Crippen LogP) is 6.52. The first kappa shape index (κ1) is 27.1. The molecular weight excluding hydrogens is 521 g/mol. The van der Waals surface area contributed by atoms with E-state index >= 15 is 4.39 Å². The Hall–Kier alpha value is -1.91. The Morgan fingerprint density at radius 3 is 2.89 bits per heavy atom. The van der Waals surface area contributed by atoms with Crippen LogP contribution in [-0.4, -0.2) is 53.5 Å². The fourth-order valence-electron chi connectivity index (χ4n) is 4.89. The molecule has 1 amide bonds. The number of piperidine rings is 1. The van der Waals surface area contributed by atoms with Crippen LogP contribution < -0.4 is 10.2 Å². The molecule has 0 aliphatic carbocycles. The van der Waals surface area contributed by atoms with Crippen molar-refractivity contribution in [2.24, 2.45) is 5.41 Å². The Kier molecular flexibility index (Phi) is 9.47. The number of nitrogens with one attached hydrogen (secondary N) is 1. The van der Waals surface area contributed by atoms with Crippen molar-refractivity contribution in [1.29, 1.82) is 0 Å². The van der Waals surface area contributed by atoms with Crippen LogP contribution in [0.5, 0.6) is 5.75 Å². The number of pyridine rings is 1. The lowest BCUT2D eigenvalue weighted by molar-refractivity contribution is -0.143. The molecule has 0 saturated carbocycles. The smallest absolute Gasteiger partial charge is 0.249 e. The van der Waals surface area contributed by atoms with Gasteiger partial charge in [-0.15, -0.1) is 11.8 Å². The average molecular weight is 552 g/mol. The molecule has 0 radical (unpaired) electrons. The molecule has 1 aliphatic heterocycles. The Morgan fingerprint density at radius 1 is 1.39 bits per heavy atom. The number of hydrogen-bond donors (Lipinski definition) is 2. The molecule has 3 aromatic rings. The quantitative estimate of drug-likeness (QED) is 0.122. The van der Waals surface area contributed by atoms with Crippen LogP contribution >= 0.6 is 34.7 Å². The summed E-state index contributed by atoms with van der Waals surface area (Å²) in [6, 6.07) is 7.42. The van der Waals surface area contributed by atoms with E-state index in [0.717, 1.165) is 31.8 Å². The summed E-state index contributed by atoms with van der Waals surface area (Å²) >= 11 is 9.95. The number of rotatable bonds is 11. The summed E-state index contributed by atoms with van der Waals surface area (Å²) in [7, 11) is 1.55. The van der Waals surface area contributed by atoms with Gasteiger partial charge in [-0.3, -0.25) is 15.0 Å². The van der Waals surface area contributed by atoms with Gasteiger partial charge in [-0.25, -0.2) is 9.87 Å². The minimum Gasteiger partial charge on any atom is -0.497 e.